The van der Waals surface area contributed by atoms with Gasteiger partial charge >= 0.3 is 0 Å². The van der Waals surface area contributed by atoms with Crippen LogP contribution in [0.4, 0.5) is 0 Å². The Morgan fingerprint density at radius 1 is 1.18 bits per heavy atom. The average Bonchev–Trinajstić information content (AvgIpc) is 2.54. The highest BCUT2D eigenvalue weighted by atomic mass is 32.2. The predicted octanol–water partition coefficient (Wildman–Crippen LogP) is 2.05. The summed E-state index contributed by atoms with van der Waals surface area (Å²) in [7, 11) is 4.07. The molecule has 0 radical (unpaired) electrons. The second-order valence-corrected chi connectivity index (χ2v) is 8.24. The van der Waals surface area contributed by atoms with Crippen molar-refractivity contribution in [3.8, 4) is 0 Å². The second-order valence-electron chi connectivity index (χ2n) is 7.01. The van der Waals surface area contributed by atoms with Crippen LogP contribution in [0.15, 0.2) is 0 Å². The Kier molecular flexibility index (Phi) is 8.04. The van der Waals surface area contributed by atoms with Crippen molar-refractivity contribution in [1.29, 1.82) is 0 Å². The Balaban J connectivity index is 1.56. The molecule has 0 aliphatic carbocycles. The number of hydrogen-bond acceptors (Lipinski definition) is 4. The van der Waals surface area contributed by atoms with Gasteiger partial charge in [0.15, 0.2) is 0 Å². The minimum Gasteiger partial charge on any atom is -0.355 e. The van der Waals surface area contributed by atoms with Crippen molar-refractivity contribution in [2.75, 3.05) is 51.8 Å². The van der Waals surface area contributed by atoms with E-state index in [9.17, 15) is 4.79 Å². The highest BCUT2D eigenvalue weighted by Crippen LogP contribution is 2.28. The lowest BCUT2D eigenvalue weighted by molar-refractivity contribution is -0.121. The molecule has 128 valence electrons. The zero-order valence-corrected chi connectivity index (χ0v) is 15.2. The number of carbonyl (C=O) groups is 1. The number of carbonyl (C=O) groups excluding carboxylic acids is 1. The fraction of sp³-hybridized carbons (Fsp3) is 0.941. The van der Waals surface area contributed by atoms with Crippen LogP contribution >= 0.6 is 11.8 Å². The van der Waals surface area contributed by atoms with Crippen molar-refractivity contribution in [3.05, 3.63) is 0 Å². The summed E-state index contributed by atoms with van der Waals surface area (Å²) >= 11 is 2.11. The van der Waals surface area contributed by atoms with Crippen LogP contribution in [0, 0.1) is 5.92 Å². The van der Waals surface area contributed by atoms with Gasteiger partial charge in [-0.1, -0.05) is 0 Å². The Morgan fingerprint density at radius 3 is 2.50 bits per heavy atom. The molecular formula is C17H33N3OS. The molecule has 0 aromatic rings. The summed E-state index contributed by atoms with van der Waals surface area (Å²) in [5.41, 5.74) is 0. The van der Waals surface area contributed by atoms with E-state index in [1.165, 1.54) is 50.3 Å². The topological polar surface area (TPSA) is 35.6 Å². The van der Waals surface area contributed by atoms with Gasteiger partial charge in [-0.05, 0) is 76.7 Å². The molecule has 0 unspecified atom stereocenters. The highest BCUT2D eigenvalue weighted by Gasteiger charge is 2.26. The minimum atomic E-state index is 0.230. The SMILES string of the molecule is CN(C)CCNC(=O)CCC1CCN(C2CCSCC2)CC1. The molecule has 0 atom stereocenters. The fourth-order valence-corrected chi connectivity index (χ4v) is 4.58. The fourth-order valence-electron chi connectivity index (χ4n) is 3.50. The van der Waals surface area contributed by atoms with Crippen LogP contribution in [0.25, 0.3) is 0 Å². The van der Waals surface area contributed by atoms with Gasteiger partial charge in [0, 0.05) is 25.6 Å². The monoisotopic (exact) mass is 327 g/mol. The zero-order valence-electron chi connectivity index (χ0n) is 14.4. The molecule has 2 rings (SSSR count). The van der Waals surface area contributed by atoms with E-state index in [4.69, 9.17) is 0 Å². The van der Waals surface area contributed by atoms with Crippen molar-refractivity contribution in [3.63, 3.8) is 0 Å². The van der Waals surface area contributed by atoms with E-state index in [1.807, 2.05) is 14.1 Å². The maximum atomic E-state index is 11.8. The first-order valence-electron chi connectivity index (χ1n) is 8.88. The lowest BCUT2D eigenvalue weighted by atomic mass is 9.90. The summed E-state index contributed by atoms with van der Waals surface area (Å²) in [5.74, 6) is 3.68. The van der Waals surface area contributed by atoms with Gasteiger partial charge in [0.25, 0.3) is 0 Å². The van der Waals surface area contributed by atoms with Crippen LogP contribution in [-0.2, 0) is 4.79 Å². The van der Waals surface area contributed by atoms with Crippen molar-refractivity contribution >= 4 is 17.7 Å². The molecule has 2 aliphatic heterocycles. The molecule has 0 aromatic carbocycles. The van der Waals surface area contributed by atoms with Crippen molar-refractivity contribution in [1.82, 2.24) is 15.1 Å². The van der Waals surface area contributed by atoms with E-state index < -0.39 is 0 Å². The van der Waals surface area contributed by atoms with E-state index in [0.717, 1.165) is 31.5 Å². The first kappa shape index (κ1) is 18.1. The quantitative estimate of drug-likeness (QED) is 0.776. The van der Waals surface area contributed by atoms with E-state index in [2.05, 4.69) is 26.9 Å². The number of hydrogen-bond donors (Lipinski definition) is 1. The summed E-state index contributed by atoms with van der Waals surface area (Å²) in [6.07, 6.45) is 7.11. The number of amides is 1. The molecule has 0 saturated carbocycles. The number of nitrogens with zero attached hydrogens (tertiary/aromatic N) is 2. The van der Waals surface area contributed by atoms with Crippen LogP contribution in [-0.4, -0.2) is 73.5 Å². The van der Waals surface area contributed by atoms with Gasteiger partial charge in [-0.15, -0.1) is 0 Å². The molecule has 1 N–H and O–H groups in total. The average molecular weight is 328 g/mol. The van der Waals surface area contributed by atoms with E-state index >= 15 is 0 Å². The molecule has 22 heavy (non-hydrogen) atoms. The smallest absolute Gasteiger partial charge is 0.220 e. The Hall–Kier alpha value is -0.260. The summed E-state index contributed by atoms with van der Waals surface area (Å²) < 4.78 is 0. The normalized spacial score (nSPS) is 22.1. The summed E-state index contributed by atoms with van der Waals surface area (Å²) in [6, 6.07) is 0.844. The highest BCUT2D eigenvalue weighted by molar-refractivity contribution is 7.99. The molecule has 5 heteroatoms. The zero-order chi connectivity index (χ0) is 15.8. The summed E-state index contributed by atoms with van der Waals surface area (Å²) in [5, 5.41) is 3.02. The predicted molar refractivity (Wildman–Crippen MR) is 95.4 cm³/mol. The maximum absolute atomic E-state index is 11.8. The summed E-state index contributed by atoms with van der Waals surface area (Å²) in [6.45, 7) is 4.19. The standard InChI is InChI=1S/C17H33N3OS/c1-19(2)12-9-18-17(21)4-3-15-5-10-20(11-6-15)16-7-13-22-14-8-16/h15-16H,3-14H2,1-2H3,(H,18,21). The van der Waals surface area contributed by atoms with Crippen LogP contribution in [0.3, 0.4) is 0 Å². The number of likely N-dealkylation sites (tertiary alicyclic amines) is 1. The van der Waals surface area contributed by atoms with E-state index in [-0.39, 0.29) is 5.91 Å². The number of piperidine rings is 1. The van der Waals surface area contributed by atoms with Gasteiger partial charge in [-0.2, -0.15) is 11.8 Å². The second kappa shape index (κ2) is 9.78. The third-order valence-electron chi connectivity index (χ3n) is 5.02. The molecule has 0 spiro atoms. The van der Waals surface area contributed by atoms with Gasteiger partial charge in [0.1, 0.15) is 0 Å². The van der Waals surface area contributed by atoms with Crippen molar-refractivity contribution < 1.29 is 4.79 Å². The maximum Gasteiger partial charge on any atom is 0.220 e. The van der Waals surface area contributed by atoms with Gasteiger partial charge in [0.2, 0.25) is 5.91 Å². The molecule has 2 saturated heterocycles. The van der Waals surface area contributed by atoms with Gasteiger partial charge < -0.3 is 15.1 Å². The Labute approximate surface area is 140 Å². The van der Waals surface area contributed by atoms with Crippen LogP contribution in [0.1, 0.15) is 38.5 Å². The number of thioether (sulfide) groups is 1. The molecule has 2 fully saturated rings. The van der Waals surface area contributed by atoms with Crippen LogP contribution < -0.4 is 5.32 Å². The molecule has 0 aromatic heterocycles. The van der Waals surface area contributed by atoms with Gasteiger partial charge in [-0.3, -0.25) is 4.79 Å². The van der Waals surface area contributed by atoms with Crippen LogP contribution in [0.2, 0.25) is 0 Å². The molecule has 0 bridgehead atoms. The van der Waals surface area contributed by atoms with Gasteiger partial charge in [0.05, 0.1) is 0 Å². The van der Waals surface area contributed by atoms with Crippen molar-refractivity contribution in [2.45, 2.75) is 44.6 Å². The van der Waals surface area contributed by atoms with Gasteiger partial charge in [-0.25, -0.2) is 0 Å². The minimum absolute atomic E-state index is 0.230. The Morgan fingerprint density at radius 2 is 1.86 bits per heavy atom. The first-order chi connectivity index (χ1) is 10.6. The summed E-state index contributed by atoms with van der Waals surface area (Å²) in [4.78, 5) is 16.6. The molecular weight excluding hydrogens is 294 g/mol. The van der Waals surface area contributed by atoms with Crippen molar-refractivity contribution in [2.24, 2.45) is 5.92 Å². The Bertz CT molecular complexity index is 324. The largest absolute Gasteiger partial charge is 0.355 e. The number of rotatable bonds is 7. The molecule has 2 aliphatic rings. The molecule has 4 nitrogen and oxygen atoms in total. The third kappa shape index (κ3) is 6.47. The lowest BCUT2D eigenvalue weighted by Gasteiger charge is -2.39. The lowest BCUT2D eigenvalue weighted by Crippen LogP contribution is -2.43. The first-order valence-corrected chi connectivity index (χ1v) is 10.0. The molecule has 1 amide bonds. The number of nitrogens with one attached hydrogen (secondary N) is 1. The van der Waals surface area contributed by atoms with Crippen LogP contribution in [0.5, 0.6) is 0 Å². The third-order valence-corrected chi connectivity index (χ3v) is 6.07. The molecule has 2 heterocycles. The van der Waals surface area contributed by atoms with E-state index in [1.54, 1.807) is 0 Å². The number of likely N-dealkylation sites (N-methyl/N-ethyl adjacent to an activating group) is 1. The van der Waals surface area contributed by atoms with E-state index in [0.29, 0.717) is 6.42 Å².